The van der Waals surface area contributed by atoms with Crippen molar-refractivity contribution in [2.75, 3.05) is 11.6 Å². The van der Waals surface area contributed by atoms with Crippen molar-refractivity contribution in [1.29, 1.82) is 5.26 Å². The number of halogens is 1. The number of carbonyl (C=O) groups is 1. The Bertz CT molecular complexity index is 731. The molecule has 0 aliphatic rings. The van der Waals surface area contributed by atoms with Crippen LogP contribution in [0.2, 0.25) is 5.02 Å². The van der Waals surface area contributed by atoms with E-state index < -0.39 is 5.91 Å². The highest BCUT2D eigenvalue weighted by Crippen LogP contribution is 2.18. The van der Waals surface area contributed by atoms with Crippen molar-refractivity contribution in [2.24, 2.45) is 0 Å². The summed E-state index contributed by atoms with van der Waals surface area (Å²) in [5.74, 6) is -0.446. The van der Waals surface area contributed by atoms with Crippen LogP contribution in [0.5, 0.6) is 0 Å². The summed E-state index contributed by atoms with van der Waals surface area (Å²) >= 11 is 7.43. The summed E-state index contributed by atoms with van der Waals surface area (Å²) in [6, 6.07) is 16.3. The molecule has 2 aromatic rings. The van der Waals surface area contributed by atoms with Gasteiger partial charge in [-0.15, -0.1) is 11.8 Å². The summed E-state index contributed by atoms with van der Waals surface area (Å²) in [5.41, 5.74) is 1.45. The second-order valence-electron chi connectivity index (χ2n) is 4.40. The third kappa shape index (κ3) is 4.39. The number of hydrogen-bond donors (Lipinski definition) is 1. The second-order valence-corrected chi connectivity index (χ2v) is 5.72. The number of nitrogens with one attached hydrogen (secondary N) is 1. The first-order chi connectivity index (χ1) is 10.6. The molecule has 0 saturated heterocycles. The Balaban J connectivity index is 2.15. The van der Waals surface area contributed by atoms with Crippen molar-refractivity contribution in [2.45, 2.75) is 4.90 Å². The molecule has 0 radical (unpaired) electrons. The van der Waals surface area contributed by atoms with Crippen molar-refractivity contribution in [3.63, 3.8) is 0 Å². The van der Waals surface area contributed by atoms with E-state index in [1.54, 1.807) is 42.1 Å². The molecule has 0 atom stereocenters. The topological polar surface area (TPSA) is 52.9 Å². The first-order valence-electron chi connectivity index (χ1n) is 6.45. The molecule has 0 bridgehead atoms. The fraction of sp³-hybridized carbons (Fsp3) is 0.0588. The summed E-state index contributed by atoms with van der Waals surface area (Å²) in [5, 5.41) is 12.4. The predicted molar refractivity (Wildman–Crippen MR) is 91.9 cm³/mol. The SMILES string of the molecule is CSc1ccc(C=C(C#N)C(=O)Nc2ccc(Cl)cc2)cc1. The third-order valence-corrected chi connectivity index (χ3v) is 3.89. The molecule has 2 aromatic carbocycles. The van der Waals surface area contributed by atoms with Crippen molar-refractivity contribution in [3.8, 4) is 6.07 Å². The number of rotatable bonds is 4. The van der Waals surface area contributed by atoms with Crippen molar-refractivity contribution in [1.82, 2.24) is 0 Å². The quantitative estimate of drug-likeness (QED) is 0.506. The van der Waals surface area contributed by atoms with E-state index in [2.05, 4.69) is 5.32 Å². The Morgan fingerprint density at radius 1 is 1.18 bits per heavy atom. The first kappa shape index (κ1) is 16.2. The van der Waals surface area contributed by atoms with Crippen LogP contribution in [0.4, 0.5) is 5.69 Å². The van der Waals surface area contributed by atoms with Crippen LogP contribution >= 0.6 is 23.4 Å². The lowest BCUT2D eigenvalue weighted by Crippen LogP contribution is -2.13. The molecule has 0 fully saturated rings. The van der Waals surface area contributed by atoms with Crippen LogP contribution in [-0.4, -0.2) is 12.2 Å². The van der Waals surface area contributed by atoms with Gasteiger partial charge in [0.1, 0.15) is 11.6 Å². The van der Waals surface area contributed by atoms with Gasteiger partial charge in [0.25, 0.3) is 5.91 Å². The molecule has 5 heteroatoms. The zero-order valence-corrected chi connectivity index (χ0v) is 13.4. The molecule has 0 aromatic heterocycles. The van der Waals surface area contributed by atoms with E-state index in [1.807, 2.05) is 36.6 Å². The Labute approximate surface area is 138 Å². The fourth-order valence-corrected chi connectivity index (χ4v) is 2.28. The fourth-order valence-electron chi connectivity index (χ4n) is 1.75. The maximum absolute atomic E-state index is 12.1. The number of nitrogens with zero attached hydrogens (tertiary/aromatic N) is 1. The summed E-state index contributed by atoms with van der Waals surface area (Å²) in [6.45, 7) is 0. The summed E-state index contributed by atoms with van der Waals surface area (Å²) in [6.07, 6.45) is 3.56. The average Bonchev–Trinajstić information content (AvgIpc) is 2.55. The minimum atomic E-state index is -0.446. The molecular weight excluding hydrogens is 316 g/mol. The number of nitriles is 1. The molecule has 1 N–H and O–H groups in total. The zero-order chi connectivity index (χ0) is 15.9. The number of thioether (sulfide) groups is 1. The molecule has 0 aliphatic heterocycles. The molecule has 110 valence electrons. The number of carbonyl (C=O) groups excluding carboxylic acids is 1. The third-order valence-electron chi connectivity index (χ3n) is 2.89. The average molecular weight is 329 g/mol. The van der Waals surface area contributed by atoms with Gasteiger partial charge in [-0.2, -0.15) is 5.26 Å². The highest BCUT2D eigenvalue weighted by Gasteiger charge is 2.09. The molecule has 1 amide bonds. The van der Waals surface area contributed by atoms with Gasteiger partial charge in [0.05, 0.1) is 0 Å². The van der Waals surface area contributed by atoms with Gasteiger partial charge in [0, 0.05) is 15.6 Å². The molecule has 0 saturated carbocycles. The molecular formula is C17H13ClN2OS. The lowest BCUT2D eigenvalue weighted by atomic mass is 10.1. The lowest BCUT2D eigenvalue weighted by molar-refractivity contribution is -0.112. The van der Waals surface area contributed by atoms with E-state index in [0.29, 0.717) is 10.7 Å². The molecule has 0 spiro atoms. The van der Waals surface area contributed by atoms with Crippen LogP contribution in [0.25, 0.3) is 6.08 Å². The van der Waals surface area contributed by atoms with Gasteiger partial charge in [-0.05, 0) is 54.3 Å². The van der Waals surface area contributed by atoms with Gasteiger partial charge in [-0.3, -0.25) is 4.79 Å². The molecule has 0 unspecified atom stereocenters. The highest BCUT2D eigenvalue weighted by atomic mass is 35.5. The van der Waals surface area contributed by atoms with E-state index in [9.17, 15) is 10.1 Å². The van der Waals surface area contributed by atoms with E-state index in [0.717, 1.165) is 10.5 Å². The number of benzene rings is 2. The minimum Gasteiger partial charge on any atom is -0.321 e. The molecule has 2 rings (SSSR count). The van der Waals surface area contributed by atoms with Crippen LogP contribution in [0.15, 0.2) is 59.0 Å². The van der Waals surface area contributed by atoms with Crippen LogP contribution in [0.1, 0.15) is 5.56 Å². The van der Waals surface area contributed by atoms with Crippen molar-refractivity contribution < 1.29 is 4.79 Å². The van der Waals surface area contributed by atoms with Gasteiger partial charge in [-0.25, -0.2) is 0 Å². The summed E-state index contributed by atoms with van der Waals surface area (Å²) in [7, 11) is 0. The van der Waals surface area contributed by atoms with Crippen molar-refractivity contribution >= 4 is 41.0 Å². The van der Waals surface area contributed by atoms with Crippen LogP contribution in [0, 0.1) is 11.3 Å². The van der Waals surface area contributed by atoms with Crippen LogP contribution in [-0.2, 0) is 4.79 Å². The summed E-state index contributed by atoms with van der Waals surface area (Å²) < 4.78 is 0. The van der Waals surface area contributed by atoms with Gasteiger partial charge < -0.3 is 5.32 Å². The second kappa shape index (κ2) is 7.69. The maximum atomic E-state index is 12.1. The Hall–Kier alpha value is -2.22. The largest absolute Gasteiger partial charge is 0.321 e. The standard InChI is InChI=1S/C17H13ClN2OS/c1-22-16-8-2-12(3-9-16)10-13(11-19)17(21)20-15-6-4-14(18)5-7-15/h2-10H,1H3,(H,20,21). The van der Waals surface area contributed by atoms with Gasteiger partial charge in [-0.1, -0.05) is 23.7 Å². The van der Waals surface area contributed by atoms with Gasteiger partial charge in [0.2, 0.25) is 0 Å². The zero-order valence-electron chi connectivity index (χ0n) is 11.8. The lowest BCUT2D eigenvalue weighted by Gasteiger charge is -2.04. The Morgan fingerprint density at radius 3 is 2.36 bits per heavy atom. The van der Waals surface area contributed by atoms with Crippen molar-refractivity contribution in [3.05, 3.63) is 64.7 Å². The Kier molecular flexibility index (Phi) is 5.65. The van der Waals surface area contributed by atoms with Crippen LogP contribution in [0.3, 0.4) is 0 Å². The van der Waals surface area contributed by atoms with Gasteiger partial charge in [0.15, 0.2) is 0 Å². The predicted octanol–water partition coefficient (Wildman–Crippen LogP) is 4.61. The van der Waals surface area contributed by atoms with Gasteiger partial charge >= 0.3 is 0 Å². The maximum Gasteiger partial charge on any atom is 0.266 e. The Morgan fingerprint density at radius 2 is 1.82 bits per heavy atom. The molecule has 22 heavy (non-hydrogen) atoms. The van der Waals surface area contributed by atoms with E-state index in [-0.39, 0.29) is 5.57 Å². The molecule has 0 aliphatic carbocycles. The number of hydrogen-bond acceptors (Lipinski definition) is 3. The minimum absolute atomic E-state index is 0.0480. The van der Waals surface area contributed by atoms with E-state index in [4.69, 9.17) is 11.6 Å². The molecule has 3 nitrogen and oxygen atoms in total. The monoisotopic (exact) mass is 328 g/mol. The summed E-state index contributed by atoms with van der Waals surface area (Å²) in [4.78, 5) is 13.2. The van der Waals surface area contributed by atoms with E-state index in [1.165, 1.54) is 0 Å². The normalized spacial score (nSPS) is 10.9. The molecule has 0 heterocycles. The smallest absolute Gasteiger partial charge is 0.266 e. The first-order valence-corrected chi connectivity index (χ1v) is 8.05. The highest BCUT2D eigenvalue weighted by molar-refractivity contribution is 7.98. The number of amides is 1. The number of anilines is 1. The van der Waals surface area contributed by atoms with E-state index >= 15 is 0 Å². The van der Waals surface area contributed by atoms with Crippen LogP contribution < -0.4 is 5.32 Å².